The summed E-state index contributed by atoms with van der Waals surface area (Å²) in [6.45, 7) is 0.788. The lowest BCUT2D eigenvalue weighted by molar-refractivity contribution is 0.544. The van der Waals surface area contributed by atoms with Crippen LogP contribution < -0.4 is 5.32 Å². The van der Waals surface area contributed by atoms with E-state index in [1.54, 1.807) is 11.3 Å². The minimum absolute atomic E-state index is 0.197. The van der Waals surface area contributed by atoms with Crippen molar-refractivity contribution in [2.45, 2.75) is 12.6 Å². The maximum absolute atomic E-state index is 6.25. The Morgan fingerprint density at radius 2 is 1.96 bits per heavy atom. The number of benzene rings is 1. The Morgan fingerprint density at radius 1 is 1.04 bits per heavy atom. The number of hydrogen-bond acceptors (Lipinski definition) is 3. The minimum Gasteiger partial charge on any atom is -0.439 e. The monoisotopic (exact) mass is 332 g/mol. The van der Waals surface area contributed by atoms with Crippen LogP contribution in [0.2, 0.25) is 0 Å². The van der Waals surface area contributed by atoms with Crippen LogP contribution in [0.25, 0.3) is 17.2 Å². The first-order valence-corrected chi connectivity index (χ1v) is 8.90. The van der Waals surface area contributed by atoms with Crippen molar-refractivity contribution < 1.29 is 4.42 Å². The summed E-state index contributed by atoms with van der Waals surface area (Å²) in [5.74, 6) is 1.83. The van der Waals surface area contributed by atoms with Gasteiger partial charge in [0.25, 0.3) is 0 Å². The van der Waals surface area contributed by atoms with E-state index < -0.39 is 0 Å². The minimum atomic E-state index is 0.197. The molecule has 3 nitrogen and oxygen atoms in total. The average molecular weight is 332 g/mol. The molecule has 24 heavy (non-hydrogen) atoms. The van der Waals surface area contributed by atoms with Crippen LogP contribution in [0.15, 0.2) is 76.7 Å². The van der Waals surface area contributed by atoms with E-state index >= 15 is 0 Å². The molecule has 0 saturated heterocycles. The fourth-order valence-electron chi connectivity index (χ4n) is 3.33. The Bertz CT molecular complexity index is 966. The number of hydrogen-bond donors (Lipinski definition) is 1. The van der Waals surface area contributed by atoms with Crippen LogP contribution in [0.4, 0.5) is 0 Å². The third kappa shape index (κ3) is 2.15. The highest BCUT2D eigenvalue weighted by Crippen LogP contribution is 2.35. The molecular weight excluding hydrogens is 316 g/mol. The number of aromatic nitrogens is 1. The average Bonchev–Trinajstić information content (AvgIpc) is 3.36. The van der Waals surface area contributed by atoms with Crippen molar-refractivity contribution in [3.8, 4) is 17.2 Å². The Kier molecular flexibility index (Phi) is 3.18. The van der Waals surface area contributed by atoms with E-state index in [2.05, 4.69) is 63.9 Å². The Hall–Kier alpha value is -2.56. The molecule has 0 fully saturated rings. The zero-order valence-corrected chi connectivity index (χ0v) is 13.8. The molecule has 1 aliphatic heterocycles. The Balaban J connectivity index is 1.63. The lowest BCUT2D eigenvalue weighted by Crippen LogP contribution is -2.20. The van der Waals surface area contributed by atoms with Crippen molar-refractivity contribution in [3.63, 3.8) is 0 Å². The van der Waals surface area contributed by atoms with E-state index in [0.29, 0.717) is 0 Å². The van der Waals surface area contributed by atoms with Gasteiger partial charge in [0.2, 0.25) is 5.88 Å². The summed E-state index contributed by atoms with van der Waals surface area (Å²) in [6.07, 6.45) is 2.08. The molecule has 118 valence electrons. The SMILES string of the molecule is c1ccc(-c2cc3c(o2)-n2cccc2C(c2cccs2)NC3)cc1. The highest BCUT2D eigenvalue weighted by atomic mass is 32.1. The van der Waals surface area contributed by atoms with Gasteiger partial charge in [-0.3, -0.25) is 4.57 Å². The molecule has 1 unspecified atom stereocenters. The first-order valence-electron chi connectivity index (χ1n) is 8.03. The third-order valence-corrected chi connectivity index (χ3v) is 5.40. The highest BCUT2D eigenvalue weighted by molar-refractivity contribution is 7.10. The molecule has 5 rings (SSSR count). The molecule has 3 aromatic heterocycles. The van der Waals surface area contributed by atoms with Crippen molar-refractivity contribution in [2.75, 3.05) is 0 Å². The molecule has 0 saturated carbocycles. The molecule has 4 heteroatoms. The number of furan rings is 1. The van der Waals surface area contributed by atoms with Gasteiger partial charge in [0, 0.05) is 34.4 Å². The summed E-state index contributed by atoms with van der Waals surface area (Å²) in [6, 6.07) is 21.1. The zero-order valence-electron chi connectivity index (χ0n) is 13.0. The lowest BCUT2D eigenvalue weighted by Gasteiger charge is -2.15. The Morgan fingerprint density at radius 3 is 2.79 bits per heavy atom. The van der Waals surface area contributed by atoms with Gasteiger partial charge in [-0.15, -0.1) is 11.3 Å². The van der Waals surface area contributed by atoms with E-state index in [1.165, 1.54) is 16.1 Å². The van der Waals surface area contributed by atoms with Gasteiger partial charge in [-0.05, 0) is 29.6 Å². The molecule has 0 aliphatic carbocycles. The first kappa shape index (κ1) is 13.8. The fourth-order valence-corrected chi connectivity index (χ4v) is 4.14. The van der Waals surface area contributed by atoms with Crippen molar-refractivity contribution in [3.05, 3.63) is 88.4 Å². The topological polar surface area (TPSA) is 30.1 Å². The molecule has 1 N–H and O–H groups in total. The van der Waals surface area contributed by atoms with Crippen LogP contribution in [-0.2, 0) is 6.54 Å². The lowest BCUT2D eigenvalue weighted by atomic mass is 10.1. The normalized spacial score (nSPS) is 16.4. The summed E-state index contributed by atoms with van der Waals surface area (Å²) in [4.78, 5) is 1.32. The number of nitrogens with zero attached hydrogens (tertiary/aromatic N) is 1. The van der Waals surface area contributed by atoms with E-state index in [1.807, 2.05) is 18.2 Å². The van der Waals surface area contributed by atoms with Crippen LogP contribution >= 0.6 is 11.3 Å². The zero-order chi connectivity index (χ0) is 15.9. The maximum atomic E-state index is 6.25. The molecule has 1 aliphatic rings. The predicted octanol–water partition coefficient (Wildman–Crippen LogP) is 4.99. The van der Waals surface area contributed by atoms with Gasteiger partial charge in [0.1, 0.15) is 5.76 Å². The fraction of sp³-hybridized carbons (Fsp3) is 0.100. The van der Waals surface area contributed by atoms with Crippen LogP contribution in [0.3, 0.4) is 0 Å². The standard InChI is InChI=1S/C20H16N2OS/c1-2-6-14(7-3-1)17-12-15-13-21-19(18-9-5-11-24-18)16-8-4-10-22(16)20(15)23-17/h1-12,19,21H,13H2. The smallest absolute Gasteiger partial charge is 0.209 e. The second kappa shape index (κ2) is 5.51. The highest BCUT2D eigenvalue weighted by Gasteiger charge is 2.26. The molecule has 4 aromatic rings. The van der Waals surface area contributed by atoms with Crippen LogP contribution in [0, 0.1) is 0 Å². The van der Waals surface area contributed by atoms with Gasteiger partial charge >= 0.3 is 0 Å². The summed E-state index contributed by atoms with van der Waals surface area (Å²) in [7, 11) is 0. The van der Waals surface area contributed by atoms with Crippen molar-refractivity contribution >= 4 is 11.3 Å². The molecule has 0 bridgehead atoms. The molecular formula is C20H16N2OS. The van der Waals surface area contributed by atoms with Crippen LogP contribution in [-0.4, -0.2) is 4.57 Å². The first-order chi connectivity index (χ1) is 11.9. The molecule has 0 amide bonds. The van der Waals surface area contributed by atoms with Crippen molar-refractivity contribution in [2.24, 2.45) is 0 Å². The molecule has 1 aromatic carbocycles. The predicted molar refractivity (Wildman–Crippen MR) is 96.5 cm³/mol. The van der Waals surface area contributed by atoms with Gasteiger partial charge in [0.05, 0.1) is 6.04 Å². The number of fused-ring (bicyclic) bond motifs is 3. The summed E-state index contributed by atoms with van der Waals surface area (Å²) >= 11 is 1.78. The van der Waals surface area contributed by atoms with E-state index in [4.69, 9.17) is 4.42 Å². The summed E-state index contributed by atoms with van der Waals surface area (Å²) in [5.41, 5.74) is 3.50. The van der Waals surface area contributed by atoms with E-state index in [0.717, 1.165) is 23.8 Å². The van der Waals surface area contributed by atoms with E-state index in [-0.39, 0.29) is 6.04 Å². The van der Waals surface area contributed by atoms with Gasteiger partial charge in [-0.2, -0.15) is 0 Å². The number of nitrogens with one attached hydrogen (secondary N) is 1. The third-order valence-electron chi connectivity index (χ3n) is 4.46. The molecule has 0 radical (unpaired) electrons. The maximum Gasteiger partial charge on any atom is 0.209 e. The number of rotatable bonds is 2. The number of thiophene rings is 1. The van der Waals surface area contributed by atoms with Gasteiger partial charge in [-0.25, -0.2) is 0 Å². The second-order valence-corrected chi connectivity index (χ2v) is 6.92. The molecule has 4 heterocycles. The van der Waals surface area contributed by atoms with Gasteiger partial charge < -0.3 is 9.73 Å². The van der Waals surface area contributed by atoms with Crippen molar-refractivity contribution in [1.82, 2.24) is 9.88 Å². The van der Waals surface area contributed by atoms with Crippen LogP contribution in [0.1, 0.15) is 22.2 Å². The van der Waals surface area contributed by atoms with E-state index in [9.17, 15) is 0 Å². The molecule has 0 spiro atoms. The Labute approximate surface area is 144 Å². The summed E-state index contributed by atoms with van der Waals surface area (Å²) in [5, 5.41) is 5.80. The van der Waals surface area contributed by atoms with Gasteiger partial charge in [0.15, 0.2) is 0 Å². The van der Waals surface area contributed by atoms with Crippen molar-refractivity contribution in [1.29, 1.82) is 0 Å². The van der Waals surface area contributed by atoms with Gasteiger partial charge in [-0.1, -0.05) is 36.4 Å². The molecule has 1 atom stereocenters. The van der Waals surface area contributed by atoms with Crippen LogP contribution in [0.5, 0.6) is 0 Å². The summed E-state index contributed by atoms with van der Waals surface area (Å²) < 4.78 is 8.42. The second-order valence-electron chi connectivity index (χ2n) is 5.94. The quantitative estimate of drug-likeness (QED) is 0.560. The largest absolute Gasteiger partial charge is 0.439 e.